The fourth-order valence-electron chi connectivity index (χ4n) is 4.31. The minimum Gasteiger partial charge on any atom is -0.355 e. The maximum Gasteiger partial charge on any atom is 0.243 e. The quantitative estimate of drug-likeness (QED) is 0.548. The molecule has 1 saturated heterocycles. The Labute approximate surface area is 195 Å². The molecule has 0 atom stereocenters. The average Bonchev–Trinajstić information content (AvgIpc) is 3.07. The molecule has 174 valence electrons. The van der Waals surface area contributed by atoms with Crippen LogP contribution in [0.5, 0.6) is 0 Å². The lowest BCUT2D eigenvalue weighted by atomic mass is 10.0. The molecule has 1 aliphatic heterocycles. The largest absolute Gasteiger partial charge is 0.355 e. The number of rotatable bonds is 6. The Bertz CT molecular complexity index is 1220. The molecular weight excluding hydrogens is 439 g/mol. The lowest BCUT2D eigenvalue weighted by Gasteiger charge is -2.26. The molecule has 0 saturated carbocycles. The van der Waals surface area contributed by atoms with Gasteiger partial charge in [0.25, 0.3) is 0 Å². The number of hydrogen-bond acceptors (Lipinski definition) is 5. The number of aryl methyl sites for hydroxylation is 2. The van der Waals surface area contributed by atoms with E-state index in [9.17, 15) is 12.8 Å². The number of benzene rings is 2. The number of halogens is 1. The van der Waals surface area contributed by atoms with Crippen molar-refractivity contribution >= 4 is 15.8 Å². The van der Waals surface area contributed by atoms with Gasteiger partial charge in [-0.2, -0.15) is 4.31 Å². The molecule has 2 heterocycles. The van der Waals surface area contributed by atoms with Crippen LogP contribution >= 0.6 is 0 Å². The summed E-state index contributed by atoms with van der Waals surface area (Å²) in [7, 11) is -3.54. The summed E-state index contributed by atoms with van der Waals surface area (Å²) in [5.74, 6) is 1.24. The summed E-state index contributed by atoms with van der Waals surface area (Å²) in [5.41, 5.74) is 2.79. The van der Waals surface area contributed by atoms with Crippen molar-refractivity contribution in [1.29, 1.82) is 0 Å². The third-order valence-electron chi connectivity index (χ3n) is 5.92. The first kappa shape index (κ1) is 23.3. The van der Waals surface area contributed by atoms with Crippen LogP contribution in [0.15, 0.2) is 59.5 Å². The van der Waals surface area contributed by atoms with Gasteiger partial charge < -0.3 is 4.90 Å². The van der Waals surface area contributed by atoms with Gasteiger partial charge in [-0.15, -0.1) is 0 Å². The standard InChI is InChI=1S/C25H29FN4O2S/c1-3-24-23(18-20-9-7-10-21(26)17-20)25(28-19(2)27-24)29-13-8-14-30(16-15-29)33(31,32)22-11-5-4-6-12-22/h4-7,9-12,17H,3,8,13-16,18H2,1-2H3. The van der Waals surface area contributed by atoms with Gasteiger partial charge in [0.15, 0.2) is 0 Å². The van der Waals surface area contributed by atoms with Crippen LogP contribution in [0.4, 0.5) is 10.2 Å². The van der Waals surface area contributed by atoms with Crippen LogP contribution in [0.3, 0.4) is 0 Å². The molecule has 8 heteroatoms. The summed E-state index contributed by atoms with van der Waals surface area (Å²) in [6.07, 6.45) is 1.96. The van der Waals surface area contributed by atoms with Crippen LogP contribution in [0.1, 0.15) is 36.0 Å². The minimum absolute atomic E-state index is 0.267. The third-order valence-corrected chi connectivity index (χ3v) is 7.84. The molecule has 3 aromatic rings. The number of nitrogens with zero attached hydrogens (tertiary/aromatic N) is 4. The van der Waals surface area contributed by atoms with Crippen molar-refractivity contribution in [3.8, 4) is 0 Å². The number of anilines is 1. The zero-order chi connectivity index (χ0) is 23.4. The predicted octanol–water partition coefficient (Wildman–Crippen LogP) is 3.98. The number of hydrogen-bond donors (Lipinski definition) is 0. The summed E-state index contributed by atoms with van der Waals surface area (Å²) >= 11 is 0. The summed E-state index contributed by atoms with van der Waals surface area (Å²) in [4.78, 5) is 11.9. The van der Waals surface area contributed by atoms with Crippen molar-refractivity contribution < 1.29 is 12.8 Å². The highest BCUT2D eigenvalue weighted by atomic mass is 32.2. The number of sulfonamides is 1. The second-order valence-corrected chi connectivity index (χ2v) is 10.2. The molecule has 2 aromatic carbocycles. The molecule has 0 aliphatic carbocycles. The maximum absolute atomic E-state index is 13.8. The first-order valence-corrected chi connectivity index (χ1v) is 12.7. The lowest BCUT2D eigenvalue weighted by Crippen LogP contribution is -2.35. The van der Waals surface area contributed by atoms with Crippen LogP contribution in [0.2, 0.25) is 0 Å². The Hall–Kier alpha value is -2.84. The highest BCUT2D eigenvalue weighted by Gasteiger charge is 2.28. The van der Waals surface area contributed by atoms with Gasteiger partial charge in [0.05, 0.1) is 4.90 Å². The van der Waals surface area contributed by atoms with Crippen LogP contribution in [0.25, 0.3) is 0 Å². The Kier molecular flexibility index (Phi) is 7.05. The molecule has 0 bridgehead atoms. The molecule has 1 aliphatic rings. The Morgan fingerprint density at radius 2 is 1.76 bits per heavy atom. The van der Waals surface area contributed by atoms with Crippen LogP contribution < -0.4 is 4.90 Å². The van der Waals surface area contributed by atoms with E-state index in [4.69, 9.17) is 4.98 Å². The normalized spacial score (nSPS) is 15.4. The molecule has 0 radical (unpaired) electrons. The monoisotopic (exact) mass is 468 g/mol. The third kappa shape index (κ3) is 5.23. The highest BCUT2D eigenvalue weighted by molar-refractivity contribution is 7.89. The summed E-state index contributed by atoms with van der Waals surface area (Å²) in [6.45, 7) is 5.98. The Morgan fingerprint density at radius 1 is 0.970 bits per heavy atom. The maximum atomic E-state index is 13.8. The Balaban J connectivity index is 1.63. The zero-order valence-electron chi connectivity index (χ0n) is 19.0. The minimum atomic E-state index is -3.54. The van der Waals surface area contributed by atoms with Crippen molar-refractivity contribution in [3.05, 3.63) is 83.1 Å². The van der Waals surface area contributed by atoms with Gasteiger partial charge in [0, 0.05) is 43.9 Å². The van der Waals surface area contributed by atoms with Crippen molar-refractivity contribution in [3.63, 3.8) is 0 Å². The molecule has 0 amide bonds. The van der Waals surface area contributed by atoms with Gasteiger partial charge >= 0.3 is 0 Å². The number of aromatic nitrogens is 2. The van der Waals surface area contributed by atoms with Crippen LogP contribution in [-0.2, 0) is 22.9 Å². The van der Waals surface area contributed by atoms with Crippen molar-refractivity contribution in [2.75, 3.05) is 31.1 Å². The molecular formula is C25H29FN4O2S. The van der Waals surface area contributed by atoms with Gasteiger partial charge in [0.1, 0.15) is 17.5 Å². The Morgan fingerprint density at radius 3 is 2.48 bits per heavy atom. The van der Waals surface area contributed by atoms with Crippen molar-refractivity contribution in [1.82, 2.24) is 14.3 Å². The molecule has 4 rings (SSSR count). The molecule has 33 heavy (non-hydrogen) atoms. The fourth-order valence-corrected chi connectivity index (χ4v) is 5.80. The van der Waals surface area contributed by atoms with Crippen molar-refractivity contribution in [2.24, 2.45) is 0 Å². The highest BCUT2D eigenvalue weighted by Crippen LogP contribution is 2.27. The van der Waals surface area contributed by atoms with E-state index in [1.54, 1.807) is 40.7 Å². The molecule has 1 aromatic heterocycles. The summed E-state index contributed by atoms with van der Waals surface area (Å²) in [5, 5.41) is 0. The first-order valence-electron chi connectivity index (χ1n) is 11.3. The lowest BCUT2D eigenvalue weighted by molar-refractivity contribution is 0.433. The summed E-state index contributed by atoms with van der Waals surface area (Å²) < 4.78 is 41.6. The average molecular weight is 469 g/mol. The van der Waals surface area contributed by atoms with E-state index in [0.717, 1.165) is 29.1 Å². The van der Waals surface area contributed by atoms with E-state index in [0.29, 0.717) is 49.7 Å². The van der Waals surface area contributed by atoms with E-state index in [1.807, 2.05) is 19.1 Å². The summed E-state index contributed by atoms with van der Waals surface area (Å²) in [6, 6.07) is 15.2. The topological polar surface area (TPSA) is 66.4 Å². The smallest absolute Gasteiger partial charge is 0.243 e. The zero-order valence-corrected chi connectivity index (χ0v) is 19.9. The van der Waals surface area contributed by atoms with E-state index in [1.165, 1.54) is 6.07 Å². The molecule has 0 N–H and O–H groups in total. The van der Waals surface area contributed by atoms with Gasteiger partial charge in [-0.25, -0.2) is 22.8 Å². The van der Waals surface area contributed by atoms with E-state index < -0.39 is 10.0 Å². The van der Waals surface area contributed by atoms with Gasteiger partial charge in [-0.1, -0.05) is 37.3 Å². The van der Waals surface area contributed by atoms with E-state index >= 15 is 0 Å². The second-order valence-electron chi connectivity index (χ2n) is 8.24. The molecule has 0 spiro atoms. The second kappa shape index (κ2) is 9.97. The molecule has 0 unspecified atom stereocenters. The molecule has 6 nitrogen and oxygen atoms in total. The van der Waals surface area contributed by atoms with Crippen molar-refractivity contribution in [2.45, 2.75) is 38.0 Å². The van der Waals surface area contributed by atoms with Crippen LogP contribution in [-0.4, -0.2) is 48.9 Å². The molecule has 1 fully saturated rings. The van der Waals surface area contributed by atoms with E-state index in [-0.39, 0.29) is 5.82 Å². The SMILES string of the molecule is CCc1nc(C)nc(N2CCCN(S(=O)(=O)c3ccccc3)CC2)c1Cc1cccc(F)c1. The predicted molar refractivity (Wildman–Crippen MR) is 127 cm³/mol. The van der Waals surface area contributed by atoms with Crippen LogP contribution in [0, 0.1) is 12.7 Å². The first-order chi connectivity index (χ1) is 15.9. The fraction of sp³-hybridized carbons (Fsp3) is 0.360. The van der Waals surface area contributed by atoms with Gasteiger partial charge in [-0.05, 0) is 49.6 Å². The van der Waals surface area contributed by atoms with E-state index in [2.05, 4.69) is 16.8 Å². The van der Waals surface area contributed by atoms with Gasteiger partial charge in [0.2, 0.25) is 10.0 Å². The van der Waals surface area contributed by atoms with Gasteiger partial charge in [-0.3, -0.25) is 0 Å².